The molecule has 0 bridgehead atoms. The molecule has 5 heteroatoms. The zero-order chi connectivity index (χ0) is 18.1. The second-order valence-electron chi connectivity index (χ2n) is 7.61. The Hall–Kier alpha value is -1.85. The molecule has 26 heavy (non-hydrogen) atoms. The summed E-state index contributed by atoms with van der Waals surface area (Å²) in [6.07, 6.45) is 11.2. The summed E-state index contributed by atoms with van der Waals surface area (Å²) in [7, 11) is 1.62. The van der Waals surface area contributed by atoms with E-state index in [-0.39, 0.29) is 30.7 Å². The van der Waals surface area contributed by atoms with Gasteiger partial charge in [-0.25, -0.2) is 0 Å². The molecule has 5 nitrogen and oxygen atoms in total. The van der Waals surface area contributed by atoms with Crippen molar-refractivity contribution < 1.29 is 23.4 Å². The number of allylic oxidation sites excluding steroid dienone is 2. The SMILES string of the molecule is COCOCC1=CCC[C@H]2C1=CC[C@@H](C)[C@]21C[C@@H](c2ccoc2)OC1=O. The molecule has 0 N–H and O–H groups in total. The van der Waals surface area contributed by atoms with Crippen molar-refractivity contribution >= 4 is 5.97 Å². The van der Waals surface area contributed by atoms with E-state index in [1.54, 1.807) is 19.6 Å². The van der Waals surface area contributed by atoms with Crippen LogP contribution in [0.1, 0.15) is 44.3 Å². The highest BCUT2D eigenvalue weighted by Gasteiger charge is 2.59. The third-order valence-corrected chi connectivity index (χ3v) is 6.31. The Morgan fingerprint density at radius 1 is 1.35 bits per heavy atom. The minimum atomic E-state index is -0.452. The number of cyclic esters (lactones) is 1. The van der Waals surface area contributed by atoms with E-state index in [4.69, 9.17) is 18.6 Å². The Labute approximate surface area is 154 Å². The van der Waals surface area contributed by atoms with Crippen molar-refractivity contribution in [2.75, 3.05) is 20.5 Å². The van der Waals surface area contributed by atoms with Gasteiger partial charge in [-0.3, -0.25) is 4.79 Å². The lowest BCUT2D eigenvalue weighted by atomic mass is 9.56. The van der Waals surface area contributed by atoms with Crippen molar-refractivity contribution in [3.63, 3.8) is 0 Å². The predicted octanol–water partition coefficient (Wildman–Crippen LogP) is 4.18. The van der Waals surface area contributed by atoms with Crippen LogP contribution in [-0.2, 0) is 19.0 Å². The van der Waals surface area contributed by atoms with E-state index >= 15 is 0 Å². The van der Waals surface area contributed by atoms with Gasteiger partial charge >= 0.3 is 5.97 Å². The molecule has 1 fully saturated rings. The molecule has 1 saturated heterocycles. The number of hydrogen-bond acceptors (Lipinski definition) is 5. The molecule has 0 aromatic carbocycles. The fourth-order valence-electron chi connectivity index (χ4n) is 4.97. The van der Waals surface area contributed by atoms with Crippen molar-refractivity contribution in [2.45, 2.75) is 38.7 Å². The van der Waals surface area contributed by atoms with Gasteiger partial charge in [0.2, 0.25) is 0 Å². The summed E-state index contributed by atoms with van der Waals surface area (Å²) in [6.45, 7) is 2.99. The van der Waals surface area contributed by atoms with Crippen LogP contribution in [0.4, 0.5) is 0 Å². The Morgan fingerprint density at radius 3 is 3.00 bits per heavy atom. The standard InChI is InChI=1S/C21H26O5/c1-14-6-7-17-15(11-25-13-23-2)4-3-5-18(17)21(14)10-19(26-20(21)22)16-8-9-24-12-16/h4,7-9,12,14,18-19H,3,5-6,10-11,13H2,1-2H3/t14-,18+,19+,21-/m1/s1. The van der Waals surface area contributed by atoms with E-state index in [9.17, 15) is 4.79 Å². The molecule has 2 aliphatic carbocycles. The lowest BCUT2D eigenvalue weighted by Gasteiger charge is -2.45. The van der Waals surface area contributed by atoms with Gasteiger partial charge in [0.15, 0.2) is 0 Å². The molecular weight excluding hydrogens is 332 g/mol. The van der Waals surface area contributed by atoms with Crippen LogP contribution in [-0.4, -0.2) is 26.5 Å². The fraction of sp³-hybridized carbons (Fsp3) is 0.571. The first-order valence-corrected chi connectivity index (χ1v) is 9.36. The van der Waals surface area contributed by atoms with E-state index < -0.39 is 5.41 Å². The number of hydrogen-bond donors (Lipinski definition) is 0. The molecule has 140 valence electrons. The summed E-state index contributed by atoms with van der Waals surface area (Å²) >= 11 is 0. The fourth-order valence-corrected chi connectivity index (χ4v) is 4.97. The first-order valence-electron chi connectivity index (χ1n) is 9.36. The highest BCUT2D eigenvalue weighted by Crippen LogP contribution is 2.59. The van der Waals surface area contributed by atoms with Crippen molar-refractivity contribution in [3.05, 3.63) is 47.5 Å². The van der Waals surface area contributed by atoms with Gasteiger partial charge in [0, 0.05) is 25.0 Å². The molecule has 4 atom stereocenters. The van der Waals surface area contributed by atoms with Crippen molar-refractivity contribution in [3.8, 4) is 0 Å². The minimum Gasteiger partial charge on any atom is -0.472 e. The molecule has 4 rings (SSSR count). The van der Waals surface area contributed by atoms with Gasteiger partial charge in [-0.2, -0.15) is 0 Å². The van der Waals surface area contributed by atoms with Gasteiger partial charge in [-0.05, 0) is 42.4 Å². The zero-order valence-corrected chi connectivity index (χ0v) is 15.4. The summed E-state index contributed by atoms with van der Waals surface area (Å²) in [6, 6.07) is 1.89. The summed E-state index contributed by atoms with van der Waals surface area (Å²) in [5.74, 6) is 0.410. The zero-order valence-electron chi connectivity index (χ0n) is 15.4. The van der Waals surface area contributed by atoms with Crippen LogP contribution in [0.5, 0.6) is 0 Å². The monoisotopic (exact) mass is 358 g/mol. The van der Waals surface area contributed by atoms with Gasteiger partial charge in [-0.15, -0.1) is 0 Å². The Bertz CT molecular complexity index is 717. The number of ether oxygens (including phenoxy) is 3. The first-order chi connectivity index (χ1) is 12.7. The number of methoxy groups -OCH3 is 1. The third kappa shape index (κ3) is 2.74. The summed E-state index contributed by atoms with van der Waals surface area (Å²) in [5, 5.41) is 0. The van der Waals surface area contributed by atoms with Gasteiger partial charge in [0.1, 0.15) is 12.9 Å². The predicted molar refractivity (Wildman–Crippen MR) is 95.1 cm³/mol. The largest absolute Gasteiger partial charge is 0.472 e. The molecule has 3 aliphatic rings. The van der Waals surface area contributed by atoms with Crippen LogP contribution in [0.2, 0.25) is 0 Å². The van der Waals surface area contributed by atoms with Crippen LogP contribution >= 0.6 is 0 Å². The van der Waals surface area contributed by atoms with Crippen molar-refractivity contribution in [1.29, 1.82) is 0 Å². The maximum atomic E-state index is 13.1. The van der Waals surface area contributed by atoms with Crippen LogP contribution < -0.4 is 0 Å². The molecule has 1 aliphatic heterocycles. The van der Waals surface area contributed by atoms with Gasteiger partial charge in [-0.1, -0.05) is 19.1 Å². The first kappa shape index (κ1) is 17.6. The highest BCUT2D eigenvalue weighted by molar-refractivity contribution is 5.81. The lowest BCUT2D eigenvalue weighted by molar-refractivity contribution is -0.154. The van der Waals surface area contributed by atoms with Gasteiger partial charge in [0.05, 0.1) is 24.5 Å². The van der Waals surface area contributed by atoms with Gasteiger partial charge in [0.25, 0.3) is 0 Å². The number of fused-ring (bicyclic) bond motifs is 2. The Balaban J connectivity index is 1.62. The molecule has 1 aromatic rings. The number of rotatable bonds is 5. The average Bonchev–Trinajstić information content (AvgIpc) is 3.28. The van der Waals surface area contributed by atoms with Crippen LogP contribution in [0.25, 0.3) is 0 Å². The van der Waals surface area contributed by atoms with Crippen LogP contribution in [0.3, 0.4) is 0 Å². The Morgan fingerprint density at radius 2 is 2.23 bits per heavy atom. The third-order valence-electron chi connectivity index (χ3n) is 6.31. The number of carbonyl (C=O) groups excluding carboxylic acids is 1. The molecule has 0 unspecified atom stereocenters. The average molecular weight is 358 g/mol. The molecule has 0 radical (unpaired) electrons. The molecule has 0 saturated carbocycles. The van der Waals surface area contributed by atoms with Crippen molar-refractivity contribution in [1.82, 2.24) is 0 Å². The van der Waals surface area contributed by atoms with Crippen molar-refractivity contribution in [2.24, 2.45) is 17.3 Å². The van der Waals surface area contributed by atoms with E-state index in [0.717, 1.165) is 31.2 Å². The maximum absolute atomic E-state index is 13.1. The molecule has 0 amide bonds. The summed E-state index contributed by atoms with van der Waals surface area (Å²) < 4.78 is 21.7. The lowest BCUT2D eigenvalue weighted by Crippen LogP contribution is -2.45. The molecule has 2 heterocycles. The molecule has 1 aromatic heterocycles. The van der Waals surface area contributed by atoms with E-state index in [1.807, 2.05) is 6.07 Å². The Kier molecular flexibility index (Phi) is 4.76. The number of carbonyl (C=O) groups is 1. The number of esters is 1. The van der Waals surface area contributed by atoms with E-state index in [2.05, 4.69) is 19.1 Å². The molecule has 1 spiro atoms. The topological polar surface area (TPSA) is 57.9 Å². The quantitative estimate of drug-likeness (QED) is 0.449. The second-order valence-corrected chi connectivity index (χ2v) is 7.61. The van der Waals surface area contributed by atoms with Gasteiger partial charge < -0.3 is 18.6 Å². The normalized spacial score (nSPS) is 33.6. The maximum Gasteiger partial charge on any atom is 0.313 e. The second kappa shape index (κ2) is 7.05. The smallest absolute Gasteiger partial charge is 0.313 e. The highest BCUT2D eigenvalue weighted by atomic mass is 16.7. The minimum absolute atomic E-state index is 0.0501. The van der Waals surface area contributed by atoms with E-state index in [0.29, 0.717) is 6.61 Å². The summed E-state index contributed by atoms with van der Waals surface area (Å²) in [4.78, 5) is 13.1. The summed E-state index contributed by atoms with van der Waals surface area (Å²) in [5.41, 5.74) is 2.97. The molecular formula is C21H26O5. The van der Waals surface area contributed by atoms with Crippen LogP contribution in [0.15, 0.2) is 46.3 Å². The van der Waals surface area contributed by atoms with Crippen LogP contribution in [0, 0.1) is 17.3 Å². The van der Waals surface area contributed by atoms with E-state index in [1.165, 1.54) is 11.1 Å². The number of furan rings is 1.